The smallest absolute Gasteiger partial charge is 0.251 e. The summed E-state index contributed by atoms with van der Waals surface area (Å²) in [4.78, 5) is 15.9. The number of rotatable bonds is 4. The lowest BCUT2D eigenvalue weighted by molar-refractivity contribution is 0.0950. The van der Waals surface area contributed by atoms with Gasteiger partial charge in [-0.15, -0.1) is 5.10 Å². The van der Waals surface area contributed by atoms with E-state index < -0.39 is 17.5 Å². The number of halogens is 2. The number of aromatic nitrogens is 4. The number of pyridine rings is 1. The lowest BCUT2D eigenvalue weighted by Crippen LogP contribution is -2.23. The Labute approximate surface area is 129 Å². The molecule has 0 fully saturated rings. The van der Waals surface area contributed by atoms with Crippen molar-refractivity contribution in [3.8, 4) is 5.69 Å². The van der Waals surface area contributed by atoms with Crippen molar-refractivity contribution >= 4 is 5.91 Å². The molecule has 0 unspecified atom stereocenters. The summed E-state index contributed by atoms with van der Waals surface area (Å²) < 4.78 is 27.5. The zero-order chi connectivity index (χ0) is 16.2. The van der Waals surface area contributed by atoms with E-state index in [9.17, 15) is 13.6 Å². The molecule has 0 aliphatic heterocycles. The zero-order valence-corrected chi connectivity index (χ0v) is 11.8. The van der Waals surface area contributed by atoms with E-state index in [2.05, 4.69) is 20.6 Å². The lowest BCUT2D eigenvalue weighted by atomic mass is 10.2. The van der Waals surface area contributed by atoms with E-state index in [0.717, 1.165) is 17.8 Å². The molecule has 8 heteroatoms. The molecular weight excluding hydrogens is 304 g/mol. The molecule has 3 rings (SSSR count). The summed E-state index contributed by atoms with van der Waals surface area (Å²) >= 11 is 0. The third kappa shape index (κ3) is 3.37. The second-order valence-electron chi connectivity index (χ2n) is 4.68. The van der Waals surface area contributed by atoms with Gasteiger partial charge in [-0.25, -0.2) is 13.5 Å². The highest BCUT2D eigenvalue weighted by atomic mass is 19.2. The van der Waals surface area contributed by atoms with Crippen molar-refractivity contribution in [3.63, 3.8) is 0 Å². The van der Waals surface area contributed by atoms with Gasteiger partial charge in [0.25, 0.3) is 5.91 Å². The molecule has 0 aliphatic rings. The van der Waals surface area contributed by atoms with Gasteiger partial charge in [-0.05, 0) is 30.3 Å². The topological polar surface area (TPSA) is 72.7 Å². The van der Waals surface area contributed by atoms with Gasteiger partial charge in [0.1, 0.15) is 5.69 Å². The third-order valence-electron chi connectivity index (χ3n) is 3.06. The number of benzene rings is 1. The molecule has 1 amide bonds. The fourth-order valence-electron chi connectivity index (χ4n) is 1.91. The predicted octanol–water partition coefficient (Wildman–Crippen LogP) is 1.87. The molecule has 0 atom stereocenters. The predicted molar refractivity (Wildman–Crippen MR) is 76.7 cm³/mol. The van der Waals surface area contributed by atoms with E-state index >= 15 is 0 Å². The number of nitrogens with zero attached hydrogens (tertiary/aromatic N) is 4. The van der Waals surface area contributed by atoms with Crippen LogP contribution in [-0.2, 0) is 6.54 Å². The van der Waals surface area contributed by atoms with Crippen molar-refractivity contribution in [2.24, 2.45) is 0 Å². The van der Waals surface area contributed by atoms with Crippen LogP contribution in [0.4, 0.5) is 8.78 Å². The van der Waals surface area contributed by atoms with Gasteiger partial charge in [-0.1, -0.05) is 5.21 Å². The first kappa shape index (κ1) is 14.8. The summed E-state index contributed by atoms with van der Waals surface area (Å²) in [5, 5.41) is 10.4. The molecule has 2 aromatic heterocycles. The van der Waals surface area contributed by atoms with Crippen LogP contribution >= 0.6 is 0 Å². The number of nitrogens with one attached hydrogen (secondary N) is 1. The first-order chi connectivity index (χ1) is 11.1. The highest BCUT2D eigenvalue weighted by molar-refractivity contribution is 5.94. The van der Waals surface area contributed by atoms with E-state index in [1.54, 1.807) is 24.7 Å². The largest absolute Gasteiger partial charge is 0.346 e. The summed E-state index contributed by atoms with van der Waals surface area (Å²) in [6.45, 7) is 0.109. The fourth-order valence-corrected chi connectivity index (χ4v) is 1.91. The quantitative estimate of drug-likeness (QED) is 0.798. The van der Waals surface area contributed by atoms with Crippen molar-refractivity contribution in [2.75, 3.05) is 0 Å². The summed E-state index contributed by atoms with van der Waals surface area (Å²) in [6.07, 6.45) is 4.91. The minimum Gasteiger partial charge on any atom is -0.346 e. The van der Waals surface area contributed by atoms with Crippen molar-refractivity contribution < 1.29 is 13.6 Å². The van der Waals surface area contributed by atoms with E-state index in [4.69, 9.17) is 0 Å². The number of amides is 1. The molecule has 6 nitrogen and oxygen atoms in total. The molecule has 0 saturated heterocycles. The van der Waals surface area contributed by atoms with Gasteiger partial charge in [0, 0.05) is 11.8 Å². The number of carbonyl (C=O) groups is 1. The van der Waals surface area contributed by atoms with Gasteiger partial charge in [0.05, 0.1) is 24.6 Å². The van der Waals surface area contributed by atoms with Gasteiger partial charge in [-0.3, -0.25) is 9.78 Å². The number of hydrogen-bond donors (Lipinski definition) is 1. The standard InChI is InChI=1S/C15H11F2N5O/c16-13-4-3-10(6-14(13)17)15(23)19-7-11-9-22(21-20-11)12-2-1-5-18-8-12/h1-6,8-9H,7H2,(H,19,23). The lowest BCUT2D eigenvalue weighted by Gasteiger charge is -2.03. The van der Waals surface area contributed by atoms with Crippen LogP contribution in [0, 0.1) is 11.6 Å². The van der Waals surface area contributed by atoms with Crippen LogP contribution in [0.5, 0.6) is 0 Å². The maximum absolute atomic E-state index is 13.1. The van der Waals surface area contributed by atoms with E-state index in [1.165, 1.54) is 10.7 Å². The summed E-state index contributed by atoms with van der Waals surface area (Å²) in [5.41, 5.74) is 1.28. The van der Waals surface area contributed by atoms with Gasteiger partial charge < -0.3 is 5.32 Å². The molecule has 116 valence electrons. The molecule has 1 aromatic carbocycles. The highest BCUT2D eigenvalue weighted by Crippen LogP contribution is 2.09. The molecule has 0 spiro atoms. The maximum Gasteiger partial charge on any atom is 0.251 e. The minimum atomic E-state index is -1.07. The molecule has 0 radical (unpaired) electrons. The fraction of sp³-hybridized carbons (Fsp3) is 0.0667. The van der Waals surface area contributed by atoms with Crippen LogP contribution in [0.1, 0.15) is 16.1 Å². The van der Waals surface area contributed by atoms with Crippen LogP contribution in [0.25, 0.3) is 5.69 Å². The first-order valence-electron chi connectivity index (χ1n) is 6.68. The zero-order valence-electron chi connectivity index (χ0n) is 11.8. The Morgan fingerprint density at radius 3 is 2.83 bits per heavy atom. The van der Waals surface area contributed by atoms with E-state index in [-0.39, 0.29) is 12.1 Å². The normalized spacial score (nSPS) is 10.5. The molecule has 1 N–H and O–H groups in total. The second-order valence-corrected chi connectivity index (χ2v) is 4.68. The van der Waals surface area contributed by atoms with Crippen molar-refractivity contribution in [1.82, 2.24) is 25.3 Å². The van der Waals surface area contributed by atoms with Gasteiger partial charge in [-0.2, -0.15) is 0 Å². The Morgan fingerprint density at radius 1 is 1.22 bits per heavy atom. The maximum atomic E-state index is 13.1. The van der Waals surface area contributed by atoms with Crippen LogP contribution < -0.4 is 5.32 Å². The average molecular weight is 315 g/mol. The van der Waals surface area contributed by atoms with E-state index in [1.807, 2.05) is 6.07 Å². The Hall–Kier alpha value is -3.16. The van der Waals surface area contributed by atoms with Crippen LogP contribution in [0.15, 0.2) is 48.9 Å². The second kappa shape index (κ2) is 6.30. The summed E-state index contributed by atoms with van der Waals surface area (Å²) in [6, 6.07) is 6.53. The van der Waals surface area contributed by atoms with Crippen molar-refractivity contribution in [3.05, 3.63) is 71.8 Å². The third-order valence-corrected chi connectivity index (χ3v) is 3.06. The van der Waals surface area contributed by atoms with Gasteiger partial charge in [0.15, 0.2) is 11.6 Å². The van der Waals surface area contributed by atoms with Crippen molar-refractivity contribution in [2.45, 2.75) is 6.54 Å². The molecule has 23 heavy (non-hydrogen) atoms. The Balaban J connectivity index is 1.65. The first-order valence-corrected chi connectivity index (χ1v) is 6.68. The van der Waals surface area contributed by atoms with Crippen LogP contribution in [0.3, 0.4) is 0 Å². The Kier molecular flexibility index (Phi) is 4.05. The van der Waals surface area contributed by atoms with Gasteiger partial charge >= 0.3 is 0 Å². The Bertz CT molecular complexity index is 835. The molecule has 0 aliphatic carbocycles. The monoisotopic (exact) mass is 315 g/mol. The van der Waals surface area contributed by atoms with Crippen molar-refractivity contribution in [1.29, 1.82) is 0 Å². The minimum absolute atomic E-state index is 0.0311. The van der Waals surface area contributed by atoms with Crippen LogP contribution in [-0.4, -0.2) is 25.9 Å². The van der Waals surface area contributed by atoms with Crippen LogP contribution in [0.2, 0.25) is 0 Å². The molecule has 0 saturated carbocycles. The average Bonchev–Trinajstić information content (AvgIpc) is 3.05. The molecular formula is C15H11F2N5O. The SMILES string of the molecule is O=C(NCc1cn(-c2cccnc2)nn1)c1ccc(F)c(F)c1. The number of carbonyl (C=O) groups excluding carboxylic acids is 1. The summed E-state index contributed by atoms with van der Waals surface area (Å²) in [7, 11) is 0. The van der Waals surface area contributed by atoms with Gasteiger partial charge in [0.2, 0.25) is 0 Å². The molecule has 2 heterocycles. The van der Waals surface area contributed by atoms with E-state index in [0.29, 0.717) is 5.69 Å². The molecule has 0 bridgehead atoms. The highest BCUT2D eigenvalue weighted by Gasteiger charge is 2.10. The Morgan fingerprint density at radius 2 is 2.09 bits per heavy atom. The summed E-state index contributed by atoms with van der Waals surface area (Å²) in [5.74, 6) is -2.60. The number of hydrogen-bond acceptors (Lipinski definition) is 4. The molecule has 3 aromatic rings.